The molecule has 1 aromatic carbocycles. The molecule has 0 heterocycles. The predicted molar refractivity (Wildman–Crippen MR) is 80.6 cm³/mol. The van der Waals surface area contributed by atoms with Gasteiger partial charge in [-0.3, -0.25) is 4.79 Å². The molecule has 4 heteroatoms. The van der Waals surface area contributed by atoms with Crippen LogP contribution in [0, 0.1) is 13.8 Å². The first-order valence-electron chi connectivity index (χ1n) is 6.39. The smallest absolute Gasteiger partial charge is 0.207 e. The Hall–Kier alpha value is -1.97. The molecule has 0 saturated heterocycles. The lowest BCUT2D eigenvalue weighted by Gasteiger charge is -2.12. The summed E-state index contributed by atoms with van der Waals surface area (Å²) in [6.45, 7) is 5.81. The molecule has 0 aromatic heterocycles. The molecule has 0 aliphatic rings. The van der Waals surface area contributed by atoms with Gasteiger partial charge in [0.25, 0.3) is 0 Å². The van der Waals surface area contributed by atoms with Crippen molar-refractivity contribution in [3.05, 3.63) is 47.8 Å². The molecule has 0 spiro atoms. The lowest BCUT2D eigenvalue weighted by molar-refractivity contribution is -0.109. The predicted octanol–water partition coefficient (Wildman–Crippen LogP) is 1.79. The van der Waals surface area contributed by atoms with Crippen LogP contribution in [0.2, 0.25) is 0 Å². The van der Waals surface area contributed by atoms with Crippen molar-refractivity contribution >= 4 is 6.41 Å². The summed E-state index contributed by atoms with van der Waals surface area (Å²) in [4.78, 5) is 11.8. The number of rotatable bonds is 6. The second-order valence-corrected chi connectivity index (χ2v) is 4.40. The van der Waals surface area contributed by atoms with Crippen LogP contribution in [0.5, 0.6) is 0 Å². The first-order chi connectivity index (χ1) is 9.10. The molecule has 0 aliphatic heterocycles. The zero-order chi connectivity index (χ0) is 14.5. The van der Waals surface area contributed by atoms with E-state index in [1.54, 1.807) is 6.20 Å². The summed E-state index contributed by atoms with van der Waals surface area (Å²) < 4.78 is 0. The second-order valence-electron chi connectivity index (χ2n) is 4.40. The Morgan fingerprint density at radius 2 is 1.74 bits per heavy atom. The molecule has 0 atom stereocenters. The van der Waals surface area contributed by atoms with Gasteiger partial charge in [-0.05, 0) is 20.3 Å². The average Bonchev–Trinajstić information content (AvgIpc) is 2.39. The van der Waals surface area contributed by atoms with Crippen molar-refractivity contribution in [3.8, 4) is 0 Å². The number of nitrogens with one attached hydrogen (secondary N) is 1. The fourth-order valence-electron chi connectivity index (χ4n) is 1.35. The van der Waals surface area contributed by atoms with E-state index in [2.05, 4.69) is 43.4 Å². The highest BCUT2D eigenvalue weighted by Gasteiger charge is 1.89. The molecule has 106 valence electrons. The fraction of sp³-hybridized carbons (Fsp3) is 0.400. The Morgan fingerprint density at radius 1 is 1.21 bits per heavy atom. The normalized spacial score (nSPS) is 9.63. The van der Waals surface area contributed by atoms with Gasteiger partial charge in [0.05, 0.1) is 0 Å². The Labute approximate surface area is 116 Å². The molecule has 0 radical (unpaired) electrons. The number of aryl methyl sites for hydroxylation is 2. The third-order valence-corrected chi connectivity index (χ3v) is 2.47. The lowest BCUT2D eigenvalue weighted by atomic mass is 10.2. The van der Waals surface area contributed by atoms with Crippen molar-refractivity contribution in [2.75, 3.05) is 20.1 Å². The number of amides is 1. The van der Waals surface area contributed by atoms with Crippen molar-refractivity contribution in [2.45, 2.75) is 20.3 Å². The standard InChI is InChI=1S/C8H10.C7H15N3O/c1-7-3-5-8(2)6-4-7;1-10(6-3-8)5-2-4-9-7-11/h3-6H,1-2H3;3,6-7H,2,4-5,8H2,1H3,(H,9,11)/b;6-3-. The zero-order valence-electron chi connectivity index (χ0n) is 12.1. The number of carbonyl (C=O) groups is 1. The zero-order valence-corrected chi connectivity index (χ0v) is 12.1. The minimum Gasteiger partial charge on any atom is -0.403 e. The van der Waals surface area contributed by atoms with E-state index in [0.29, 0.717) is 13.0 Å². The van der Waals surface area contributed by atoms with Gasteiger partial charge in [-0.2, -0.15) is 0 Å². The summed E-state index contributed by atoms with van der Waals surface area (Å²) in [5, 5.41) is 2.58. The number of hydrogen-bond acceptors (Lipinski definition) is 3. The van der Waals surface area contributed by atoms with Gasteiger partial charge in [0.2, 0.25) is 6.41 Å². The van der Waals surface area contributed by atoms with Crippen molar-refractivity contribution < 1.29 is 4.79 Å². The Balaban J connectivity index is 0.000000356. The highest BCUT2D eigenvalue weighted by atomic mass is 16.1. The lowest BCUT2D eigenvalue weighted by Crippen LogP contribution is -2.19. The van der Waals surface area contributed by atoms with Gasteiger partial charge in [0.1, 0.15) is 0 Å². The molecule has 0 saturated carbocycles. The second kappa shape index (κ2) is 11.1. The van der Waals surface area contributed by atoms with Crippen LogP contribution < -0.4 is 11.1 Å². The molecule has 1 rings (SSSR count). The van der Waals surface area contributed by atoms with Crippen molar-refractivity contribution in [3.63, 3.8) is 0 Å². The van der Waals surface area contributed by atoms with Crippen LogP contribution in [0.3, 0.4) is 0 Å². The van der Waals surface area contributed by atoms with Gasteiger partial charge < -0.3 is 16.0 Å². The van der Waals surface area contributed by atoms with E-state index in [4.69, 9.17) is 5.73 Å². The third kappa shape index (κ3) is 10.9. The summed E-state index contributed by atoms with van der Waals surface area (Å²) in [5.74, 6) is 0. The summed E-state index contributed by atoms with van der Waals surface area (Å²) in [6, 6.07) is 8.48. The first kappa shape index (κ1) is 17.0. The van der Waals surface area contributed by atoms with Crippen LogP contribution in [-0.4, -0.2) is 31.4 Å². The molecule has 0 aliphatic carbocycles. The van der Waals surface area contributed by atoms with Gasteiger partial charge in [0, 0.05) is 32.5 Å². The Bertz CT molecular complexity index is 339. The van der Waals surface area contributed by atoms with E-state index in [1.807, 2.05) is 11.9 Å². The van der Waals surface area contributed by atoms with Gasteiger partial charge in [-0.25, -0.2) is 0 Å². The molecular formula is C15H25N3O. The highest BCUT2D eigenvalue weighted by molar-refractivity contribution is 5.45. The van der Waals surface area contributed by atoms with E-state index in [9.17, 15) is 4.79 Å². The maximum absolute atomic E-state index is 9.82. The number of carbonyl (C=O) groups excluding carboxylic acids is 1. The number of hydrogen-bond donors (Lipinski definition) is 2. The summed E-state index contributed by atoms with van der Waals surface area (Å²) in [6.07, 6.45) is 4.92. The van der Waals surface area contributed by atoms with Crippen LogP contribution in [0.25, 0.3) is 0 Å². The molecule has 0 fully saturated rings. The molecule has 1 aromatic rings. The minimum absolute atomic E-state index is 0.707. The fourth-order valence-corrected chi connectivity index (χ4v) is 1.35. The summed E-state index contributed by atoms with van der Waals surface area (Å²) in [5.41, 5.74) is 7.82. The van der Waals surface area contributed by atoms with Crippen molar-refractivity contribution in [1.82, 2.24) is 10.2 Å². The van der Waals surface area contributed by atoms with Crippen molar-refractivity contribution in [1.29, 1.82) is 0 Å². The van der Waals surface area contributed by atoms with E-state index in [-0.39, 0.29) is 0 Å². The van der Waals surface area contributed by atoms with Gasteiger partial charge in [0.15, 0.2) is 0 Å². The third-order valence-electron chi connectivity index (χ3n) is 2.47. The van der Waals surface area contributed by atoms with Gasteiger partial charge in [-0.15, -0.1) is 0 Å². The number of nitrogens with two attached hydrogens (primary N) is 1. The van der Waals surface area contributed by atoms with Crippen LogP contribution in [0.1, 0.15) is 17.5 Å². The van der Waals surface area contributed by atoms with Crippen LogP contribution >= 0.6 is 0 Å². The Morgan fingerprint density at radius 3 is 2.16 bits per heavy atom. The molecule has 4 nitrogen and oxygen atoms in total. The highest BCUT2D eigenvalue weighted by Crippen LogP contribution is 1.99. The van der Waals surface area contributed by atoms with Crippen LogP contribution in [0.15, 0.2) is 36.7 Å². The number of nitrogens with zero attached hydrogens (tertiary/aromatic N) is 1. The molecule has 19 heavy (non-hydrogen) atoms. The van der Waals surface area contributed by atoms with E-state index < -0.39 is 0 Å². The average molecular weight is 263 g/mol. The topological polar surface area (TPSA) is 58.4 Å². The van der Waals surface area contributed by atoms with Gasteiger partial charge >= 0.3 is 0 Å². The molecule has 3 N–H and O–H groups in total. The molecule has 0 unspecified atom stereocenters. The van der Waals surface area contributed by atoms with Gasteiger partial charge in [-0.1, -0.05) is 35.4 Å². The molecule has 0 bridgehead atoms. The Kier molecular flexibility index (Phi) is 9.98. The van der Waals surface area contributed by atoms with E-state index in [0.717, 1.165) is 13.0 Å². The van der Waals surface area contributed by atoms with E-state index >= 15 is 0 Å². The van der Waals surface area contributed by atoms with Crippen LogP contribution in [-0.2, 0) is 4.79 Å². The molecule has 1 amide bonds. The SMILES string of the molecule is CN(/C=C\N)CCCNC=O.Cc1ccc(C)cc1. The largest absolute Gasteiger partial charge is 0.403 e. The van der Waals surface area contributed by atoms with Crippen LogP contribution in [0.4, 0.5) is 0 Å². The monoisotopic (exact) mass is 263 g/mol. The summed E-state index contributed by atoms with van der Waals surface area (Å²) in [7, 11) is 1.93. The minimum atomic E-state index is 0.707. The quantitative estimate of drug-likeness (QED) is 0.607. The van der Waals surface area contributed by atoms with E-state index in [1.165, 1.54) is 17.3 Å². The maximum Gasteiger partial charge on any atom is 0.207 e. The molecular weight excluding hydrogens is 238 g/mol. The van der Waals surface area contributed by atoms with Crippen molar-refractivity contribution in [2.24, 2.45) is 5.73 Å². The summed E-state index contributed by atoms with van der Waals surface area (Å²) >= 11 is 0. The first-order valence-corrected chi connectivity index (χ1v) is 6.39. The maximum atomic E-state index is 9.82. The number of benzene rings is 1.